The molecule has 0 aliphatic rings. The minimum atomic E-state index is -0.618. The van der Waals surface area contributed by atoms with E-state index >= 15 is 0 Å². The predicted molar refractivity (Wildman–Crippen MR) is 132 cm³/mol. The molecule has 168 valence electrons. The number of H-pyrrole nitrogens is 1. The summed E-state index contributed by atoms with van der Waals surface area (Å²) in [7, 11) is 0. The molecule has 0 amide bonds. The maximum absolute atomic E-state index is 13.1. The number of hydrogen-bond acceptors (Lipinski definition) is 5. The minimum absolute atomic E-state index is 0.395. The number of anilines is 2. The zero-order valence-electron chi connectivity index (χ0n) is 18.9. The van der Waals surface area contributed by atoms with Gasteiger partial charge in [0.1, 0.15) is 11.3 Å². The summed E-state index contributed by atoms with van der Waals surface area (Å²) < 4.78 is 5.68. The van der Waals surface area contributed by atoms with Gasteiger partial charge in [-0.25, -0.2) is 14.8 Å². The lowest BCUT2D eigenvalue weighted by molar-refractivity contribution is 0.00644. The van der Waals surface area contributed by atoms with Crippen molar-refractivity contribution in [3.05, 3.63) is 83.3 Å². The van der Waals surface area contributed by atoms with Crippen LogP contribution in [0.25, 0.3) is 22.4 Å². The summed E-state index contributed by atoms with van der Waals surface area (Å²) in [6.45, 7) is 7.47. The second-order valence-electron chi connectivity index (χ2n) is 8.64. The fourth-order valence-electron chi connectivity index (χ4n) is 3.57. The molecule has 2 aromatic carbocycles. The average molecular weight is 461 g/mol. The first-order valence-electron chi connectivity index (χ1n) is 10.6. The topological polar surface area (TPSA) is 79.9 Å². The zero-order valence-corrected chi connectivity index (χ0v) is 19.7. The van der Waals surface area contributed by atoms with Gasteiger partial charge in [-0.3, -0.25) is 0 Å². The number of ether oxygens (including phenoxy) is 1. The Morgan fingerprint density at radius 1 is 1.03 bits per heavy atom. The lowest BCUT2D eigenvalue weighted by Crippen LogP contribution is -2.24. The molecule has 0 aliphatic carbocycles. The Morgan fingerprint density at radius 3 is 2.48 bits per heavy atom. The largest absolute Gasteiger partial charge is 0.455 e. The van der Waals surface area contributed by atoms with E-state index in [4.69, 9.17) is 21.3 Å². The Bertz CT molecular complexity index is 1290. The maximum Gasteiger partial charge on any atom is 0.355 e. The van der Waals surface area contributed by atoms with Gasteiger partial charge < -0.3 is 15.0 Å². The SMILES string of the molecule is Cc1[nH]c(C(=O)OC(C)(C)C)c(-c2ccccc2)c1-c1ccnc(Nc2cccc(Cl)c2)n1. The third kappa shape index (κ3) is 5.23. The molecular formula is C26H25ClN4O2. The second-order valence-corrected chi connectivity index (χ2v) is 9.08. The van der Waals surface area contributed by atoms with Crippen molar-refractivity contribution in [2.45, 2.75) is 33.3 Å². The third-order valence-electron chi connectivity index (χ3n) is 4.85. The van der Waals surface area contributed by atoms with Crippen molar-refractivity contribution in [1.29, 1.82) is 0 Å². The number of halogens is 1. The van der Waals surface area contributed by atoms with Crippen LogP contribution in [0.2, 0.25) is 5.02 Å². The Hall–Kier alpha value is -3.64. The number of aromatic amines is 1. The average Bonchev–Trinajstić information content (AvgIpc) is 3.11. The Labute approximate surface area is 198 Å². The highest BCUT2D eigenvalue weighted by Crippen LogP contribution is 2.38. The first kappa shape index (κ1) is 22.6. The molecular weight excluding hydrogens is 436 g/mol. The second kappa shape index (κ2) is 9.08. The van der Waals surface area contributed by atoms with Crippen molar-refractivity contribution in [2.75, 3.05) is 5.32 Å². The number of carbonyl (C=O) groups excluding carboxylic acids is 1. The molecule has 0 saturated carbocycles. The third-order valence-corrected chi connectivity index (χ3v) is 5.08. The van der Waals surface area contributed by atoms with E-state index in [1.54, 1.807) is 18.3 Å². The van der Waals surface area contributed by atoms with Crippen LogP contribution in [0.3, 0.4) is 0 Å². The van der Waals surface area contributed by atoms with Crippen molar-refractivity contribution in [3.8, 4) is 22.4 Å². The molecule has 0 fully saturated rings. The molecule has 0 saturated heterocycles. The highest BCUT2D eigenvalue weighted by atomic mass is 35.5. The first-order chi connectivity index (χ1) is 15.7. The van der Waals surface area contributed by atoms with E-state index in [-0.39, 0.29) is 0 Å². The van der Waals surface area contributed by atoms with Crippen molar-refractivity contribution < 1.29 is 9.53 Å². The molecule has 33 heavy (non-hydrogen) atoms. The van der Waals surface area contributed by atoms with Gasteiger partial charge in [-0.15, -0.1) is 0 Å². The smallest absolute Gasteiger partial charge is 0.355 e. The number of nitrogens with one attached hydrogen (secondary N) is 2. The van der Waals surface area contributed by atoms with Crippen molar-refractivity contribution in [3.63, 3.8) is 0 Å². The van der Waals surface area contributed by atoms with Crippen LogP contribution in [0.4, 0.5) is 11.6 Å². The first-order valence-corrected chi connectivity index (χ1v) is 11.0. The van der Waals surface area contributed by atoms with Gasteiger partial charge in [0.25, 0.3) is 0 Å². The molecule has 2 heterocycles. The van der Waals surface area contributed by atoms with E-state index in [1.165, 1.54) is 0 Å². The normalized spacial score (nSPS) is 11.3. The number of rotatable bonds is 5. The molecule has 6 nitrogen and oxygen atoms in total. The predicted octanol–water partition coefficient (Wildman–Crippen LogP) is 6.80. The Kier molecular flexibility index (Phi) is 6.20. The molecule has 7 heteroatoms. The molecule has 4 rings (SSSR count). The number of carbonyl (C=O) groups is 1. The molecule has 4 aromatic rings. The van der Waals surface area contributed by atoms with Crippen LogP contribution in [0, 0.1) is 6.92 Å². The number of aromatic nitrogens is 3. The van der Waals surface area contributed by atoms with Gasteiger partial charge in [0.05, 0.1) is 5.69 Å². The van der Waals surface area contributed by atoms with Gasteiger partial charge in [0.15, 0.2) is 0 Å². The summed E-state index contributed by atoms with van der Waals surface area (Å²) in [6, 6.07) is 18.9. The fourth-order valence-corrected chi connectivity index (χ4v) is 3.76. The highest BCUT2D eigenvalue weighted by molar-refractivity contribution is 6.30. The van der Waals surface area contributed by atoms with Gasteiger partial charge in [0.2, 0.25) is 5.95 Å². The van der Waals surface area contributed by atoms with Crippen LogP contribution in [-0.2, 0) is 4.74 Å². The Balaban J connectivity index is 1.82. The van der Waals surface area contributed by atoms with E-state index in [1.807, 2.05) is 76.2 Å². The summed E-state index contributed by atoms with van der Waals surface area (Å²) in [5.74, 6) is 0.00947. The van der Waals surface area contributed by atoms with E-state index in [9.17, 15) is 4.79 Å². The van der Waals surface area contributed by atoms with Crippen LogP contribution >= 0.6 is 11.6 Å². The van der Waals surface area contributed by atoms with E-state index in [0.29, 0.717) is 22.4 Å². The molecule has 0 atom stereocenters. The van der Waals surface area contributed by atoms with Crippen LogP contribution < -0.4 is 5.32 Å². The van der Waals surface area contributed by atoms with Crippen molar-refractivity contribution >= 4 is 29.2 Å². The van der Waals surface area contributed by atoms with Crippen LogP contribution in [0.5, 0.6) is 0 Å². The number of nitrogens with zero attached hydrogens (tertiary/aromatic N) is 2. The maximum atomic E-state index is 13.1. The molecule has 0 radical (unpaired) electrons. The highest BCUT2D eigenvalue weighted by Gasteiger charge is 2.27. The number of hydrogen-bond donors (Lipinski definition) is 2. The van der Waals surface area contributed by atoms with Crippen molar-refractivity contribution in [1.82, 2.24) is 15.0 Å². The number of esters is 1. The van der Waals surface area contributed by atoms with E-state index in [2.05, 4.69) is 15.3 Å². The molecule has 2 N–H and O–H groups in total. The Morgan fingerprint density at radius 2 is 1.79 bits per heavy atom. The lowest BCUT2D eigenvalue weighted by Gasteiger charge is -2.19. The summed E-state index contributed by atoms with van der Waals surface area (Å²) in [5, 5.41) is 3.80. The van der Waals surface area contributed by atoms with Crippen molar-refractivity contribution in [2.24, 2.45) is 0 Å². The fraction of sp³-hybridized carbons (Fsp3) is 0.192. The molecule has 0 unspecified atom stereocenters. The lowest BCUT2D eigenvalue weighted by atomic mass is 9.98. The van der Waals surface area contributed by atoms with Crippen LogP contribution in [0.15, 0.2) is 66.9 Å². The van der Waals surface area contributed by atoms with Gasteiger partial charge in [-0.1, -0.05) is 48.0 Å². The summed E-state index contributed by atoms with van der Waals surface area (Å²) in [5.41, 5.74) is 4.50. The van der Waals surface area contributed by atoms with Gasteiger partial charge >= 0.3 is 5.97 Å². The summed E-state index contributed by atoms with van der Waals surface area (Å²) >= 11 is 6.10. The summed E-state index contributed by atoms with van der Waals surface area (Å²) in [4.78, 5) is 25.4. The van der Waals surface area contributed by atoms with E-state index < -0.39 is 11.6 Å². The van der Waals surface area contributed by atoms with Crippen LogP contribution in [0.1, 0.15) is 37.0 Å². The van der Waals surface area contributed by atoms with E-state index in [0.717, 1.165) is 28.1 Å². The standard InChI is InChI=1S/C26H25ClN4O2/c1-16-21(20-13-14-28-25(31-20)30-19-12-8-11-18(27)15-19)22(17-9-6-5-7-10-17)23(29-16)24(32)33-26(2,3)4/h5-15,29H,1-4H3,(H,28,30,31). The molecule has 0 spiro atoms. The number of aryl methyl sites for hydroxylation is 1. The monoisotopic (exact) mass is 460 g/mol. The molecule has 0 bridgehead atoms. The number of benzene rings is 2. The minimum Gasteiger partial charge on any atom is -0.455 e. The quantitative estimate of drug-likeness (QED) is 0.320. The zero-order chi connectivity index (χ0) is 23.6. The van der Waals surface area contributed by atoms with Crippen LogP contribution in [-0.4, -0.2) is 26.5 Å². The molecule has 0 aliphatic heterocycles. The van der Waals surface area contributed by atoms with Gasteiger partial charge in [-0.05, 0) is 57.5 Å². The van der Waals surface area contributed by atoms with Gasteiger partial charge in [0, 0.05) is 33.7 Å². The van der Waals surface area contributed by atoms with Gasteiger partial charge in [-0.2, -0.15) is 0 Å². The molecule has 2 aromatic heterocycles. The summed E-state index contributed by atoms with van der Waals surface area (Å²) in [6.07, 6.45) is 1.68.